The van der Waals surface area contributed by atoms with E-state index in [4.69, 9.17) is 14.4 Å². The fourth-order valence-corrected chi connectivity index (χ4v) is 6.67. The molecule has 1 aromatic rings. The van der Waals surface area contributed by atoms with E-state index in [9.17, 15) is 17.6 Å². The molecule has 0 aliphatic heterocycles. The van der Waals surface area contributed by atoms with E-state index in [0.717, 1.165) is 36.8 Å². The quantitative estimate of drug-likeness (QED) is 0.0642. The van der Waals surface area contributed by atoms with Crippen LogP contribution in [0.25, 0.3) is 0 Å². The average Bonchev–Trinajstić information content (AvgIpc) is 3.05. The highest BCUT2D eigenvalue weighted by Crippen LogP contribution is 2.48. The first-order valence-corrected chi connectivity index (χ1v) is 17.8. The Morgan fingerprint density at radius 2 is 1.14 bits per heavy atom. The molecule has 0 heterocycles. The number of rotatable bonds is 8. The Hall–Kier alpha value is -0.810. The largest absolute Gasteiger partial charge is 0.438 e. The minimum absolute atomic E-state index is 0.559. The number of benzene rings is 1. The Bertz CT molecular complexity index is 804. The molecule has 3 nitrogen and oxygen atoms in total. The third-order valence-electron chi connectivity index (χ3n) is 7.82. The number of allylic oxidation sites excluding steroid dienone is 2. The summed E-state index contributed by atoms with van der Waals surface area (Å²) in [5.41, 5.74) is -0.0154. The van der Waals surface area contributed by atoms with Gasteiger partial charge in [0, 0.05) is 7.11 Å². The standard InChI is InChI=1S/C25H38FNOS2.C4H6.C2H6.CHF3S.CH4O/c26-25(29-27)30-28-24-22(19-12-6-2-7-13-19)16-21(18-10-4-1-5-11-18)17-23(24)20-14-8-3-9-15-20;1-3-4-2;1-2;2-1(3,4)5;1-2/h16-20,25H,1-15,27H2;3-4H,1-2H2;1-2H3;5H;2H,1H3. The Morgan fingerprint density at radius 1 is 0.814 bits per heavy atom. The molecule has 1 atom stereocenters. The fourth-order valence-electron chi connectivity index (χ4n) is 6.01. The lowest BCUT2D eigenvalue weighted by Gasteiger charge is -2.32. The summed E-state index contributed by atoms with van der Waals surface area (Å²) < 4.78 is 50.9. The molecule has 3 fully saturated rings. The molecule has 0 aromatic heterocycles. The summed E-state index contributed by atoms with van der Waals surface area (Å²) in [6.07, 6.45) is 22.9. The van der Waals surface area contributed by atoms with E-state index in [-0.39, 0.29) is 0 Å². The number of hydrogen-bond donors (Lipinski definition) is 3. The van der Waals surface area contributed by atoms with E-state index in [1.54, 1.807) is 12.2 Å². The van der Waals surface area contributed by atoms with Crippen molar-refractivity contribution in [3.63, 3.8) is 0 Å². The first-order chi connectivity index (χ1) is 20.7. The molecule has 250 valence electrons. The van der Waals surface area contributed by atoms with Crippen LogP contribution < -0.4 is 9.32 Å². The van der Waals surface area contributed by atoms with Crippen LogP contribution in [0.2, 0.25) is 0 Å². The maximum atomic E-state index is 14.0. The van der Waals surface area contributed by atoms with Crippen molar-refractivity contribution in [1.29, 1.82) is 0 Å². The Morgan fingerprint density at radius 3 is 1.44 bits per heavy atom. The molecule has 3 N–H and O–H groups in total. The highest BCUT2D eigenvalue weighted by molar-refractivity contribution is 8.13. The van der Waals surface area contributed by atoms with Crippen LogP contribution in [-0.2, 0) is 0 Å². The zero-order chi connectivity index (χ0) is 32.7. The van der Waals surface area contributed by atoms with Crippen molar-refractivity contribution in [3.8, 4) is 5.75 Å². The van der Waals surface area contributed by atoms with Crippen molar-refractivity contribution >= 4 is 36.6 Å². The lowest BCUT2D eigenvalue weighted by Crippen LogP contribution is -2.14. The third-order valence-corrected chi connectivity index (χ3v) is 9.01. The predicted octanol–water partition coefficient (Wildman–Crippen LogP) is 12.1. The molecule has 3 saturated carbocycles. The van der Waals surface area contributed by atoms with Crippen LogP contribution in [0.1, 0.15) is 145 Å². The summed E-state index contributed by atoms with van der Waals surface area (Å²) in [5.74, 6) is 2.81. The number of hydrogen-bond acceptors (Lipinski definition) is 6. The Balaban J connectivity index is 0.00000116. The van der Waals surface area contributed by atoms with Gasteiger partial charge in [0.1, 0.15) is 17.8 Å². The Kier molecular flexibility index (Phi) is 24.9. The number of aliphatic hydroxyl groups is 1. The molecule has 0 spiro atoms. The molecule has 4 rings (SSSR count). The lowest BCUT2D eigenvalue weighted by atomic mass is 9.75. The highest BCUT2D eigenvalue weighted by atomic mass is 32.2. The molecule has 10 heteroatoms. The summed E-state index contributed by atoms with van der Waals surface area (Å²) in [6.45, 7) is 10.7. The van der Waals surface area contributed by atoms with Gasteiger partial charge in [-0.15, -0.1) is 0 Å². The smallest absolute Gasteiger partial charge is 0.421 e. The number of thiol groups is 1. The van der Waals surface area contributed by atoms with Crippen molar-refractivity contribution in [2.24, 2.45) is 5.14 Å². The van der Waals surface area contributed by atoms with Gasteiger partial charge in [0.15, 0.2) is 0 Å². The van der Waals surface area contributed by atoms with E-state index in [0.29, 0.717) is 17.8 Å². The van der Waals surface area contributed by atoms with Crippen molar-refractivity contribution < 1.29 is 26.9 Å². The van der Waals surface area contributed by atoms with Crippen LogP contribution in [-0.4, -0.2) is 22.6 Å². The second kappa shape index (κ2) is 25.4. The van der Waals surface area contributed by atoms with Crippen LogP contribution in [0.5, 0.6) is 5.75 Å². The van der Waals surface area contributed by atoms with Gasteiger partial charge in [-0.05, 0) is 84.9 Å². The van der Waals surface area contributed by atoms with Gasteiger partial charge in [-0.25, -0.2) is 4.39 Å². The van der Waals surface area contributed by atoms with Gasteiger partial charge >= 0.3 is 5.51 Å². The van der Waals surface area contributed by atoms with Crippen molar-refractivity contribution in [2.75, 3.05) is 7.11 Å². The van der Waals surface area contributed by atoms with E-state index in [1.807, 2.05) is 13.8 Å². The van der Waals surface area contributed by atoms with E-state index in [2.05, 4.69) is 37.9 Å². The van der Waals surface area contributed by atoms with E-state index < -0.39 is 10.3 Å². The summed E-state index contributed by atoms with van der Waals surface area (Å²) in [6, 6.07) is 4.94. The number of aliphatic hydroxyl groups excluding tert-OH is 1. The van der Waals surface area contributed by atoms with E-state index in [1.165, 1.54) is 113 Å². The highest BCUT2D eigenvalue weighted by Gasteiger charge is 2.29. The molecule has 1 aromatic carbocycles. The van der Waals surface area contributed by atoms with Crippen LogP contribution in [0, 0.1) is 0 Å². The summed E-state index contributed by atoms with van der Waals surface area (Å²) in [4.78, 5) is -1.25. The summed E-state index contributed by atoms with van der Waals surface area (Å²) in [7, 11) is 1.00. The fraction of sp³-hybridized carbons (Fsp3) is 0.697. The van der Waals surface area contributed by atoms with Crippen LogP contribution >= 0.6 is 36.6 Å². The van der Waals surface area contributed by atoms with Crippen LogP contribution in [0.4, 0.5) is 17.6 Å². The first-order valence-electron chi connectivity index (χ1n) is 15.7. The maximum Gasteiger partial charge on any atom is 0.438 e. The van der Waals surface area contributed by atoms with Gasteiger partial charge in [-0.2, -0.15) is 13.2 Å². The molecule has 3 aliphatic rings. The van der Waals surface area contributed by atoms with Gasteiger partial charge in [-0.3, -0.25) is 5.14 Å². The third kappa shape index (κ3) is 18.1. The van der Waals surface area contributed by atoms with Crippen LogP contribution in [0.3, 0.4) is 0 Å². The lowest BCUT2D eigenvalue weighted by molar-refractivity contribution is -0.0303. The predicted molar refractivity (Wildman–Crippen MR) is 184 cm³/mol. The van der Waals surface area contributed by atoms with Gasteiger partial charge in [0.25, 0.3) is 0 Å². The molecule has 0 amide bonds. The van der Waals surface area contributed by atoms with Crippen molar-refractivity contribution in [3.05, 3.63) is 54.1 Å². The molecule has 0 radical (unpaired) electrons. The molecule has 0 bridgehead atoms. The first kappa shape index (κ1) is 42.2. The zero-order valence-electron chi connectivity index (χ0n) is 26.3. The minimum atomic E-state index is -4.31. The van der Waals surface area contributed by atoms with Crippen molar-refractivity contribution in [1.82, 2.24) is 0 Å². The molecule has 0 saturated heterocycles. The SMILES string of the molecule is C=CC=C.CC.CO.FC(F)(F)S.NSC(F)SOc1c(C2CCCCC2)cc(C2CCCCC2)cc1C1CCCCC1. The van der Waals surface area contributed by atoms with Crippen molar-refractivity contribution in [2.45, 2.75) is 138 Å². The number of nitrogens with two attached hydrogens (primary N) is 1. The number of halogens is 4. The minimum Gasteiger partial charge on any atom is -0.421 e. The number of alkyl halides is 4. The van der Waals surface area contributed by atoms with Gasteiger partial charge in [-0.1, -0.05) is 122 Å². The van der Waals surface area contributed by atoms with Crippen LogP contribution in [0.15, 0.2) is 37.4 Å². The molecular weight excluding hydrogens is 615 g/mol. The van der Waals surface area contributed by atoms with Gasteiger partial charge in [0.2, 0.25) is 4.84 Å². The summed E-state index contributed by atoms with van der Waals surface area (Å²) >= 11 is 3.75. The normalized spacial score (nSPS) is 18.5. The van der Waals surface area contributed by atoms with E-state index >= 15 is 0 Å². The topological polar surface area (TPSA) is 55.5 Å². The molecule has 1 unspecified atom stereocenters. The zero-order valence-corrected chi connectivity index (χ0v) is 28.9. The molecule has 3 aliphatic carbocycles. The molecular formula is C33H55F4NO2S3. The monoisotopic (exact) mass is 669 g/mol. The summed E-state index contributed by atoms with van der Waals surface area (Å²) in [5, 5.41) is 12.5. The average molecular weight is 670 g/mol. The second-order valence-electron chi connectivity index (χ2n) is 10.6. The Labute approximate surface area is 273 Å². The molecule has 43 heavy (non-hydrogen) atoms. The second-order valence-corrected chi connectivity index (χ2v) is 12.8. The van der Waals surface area contributed by atoms with Gasteiger partial charge in [0.05, 0.1) is 0 Å². The maximum absolute atomic E-state index is 14.0. The van der Waals surface area contributed by atoms with Gasteiger partial charge < -0.3 is 9.29 Å².